The number of nitrogens with one attached hydrogen (secondary N) is 2. The van der Waals surface area contributed by atoms with Crippen LogP contribution in [-0.2, 0) is 21.2 Å². The molecule has 2 N–H and O–H groups in total. The Balaban J connectivity index is 2.02. The first-order chi connectivity index (χ1) is 10.8. The number of hydrogen-bond donors (Lipinski definition) is 2. The fourth-order valence-electron chi connectivity index (χ4n) is 2.77. The predicted molar refractivity (Wildman–Crippen MR) is 90.2 cm³/mol. The molecule has 0 spiro atoms. The lowest BCUT2D eigenvalue weighted by Crippen LogP contribution is -2.16. The third-order valence-corrected chi connectivity index (χ3v) is 5.62. The van der Waals surface area contributed by atoms with Crippen LogP contribution in [0.3, 0.4) is 0 Å². The van der Waals surface area contributed by atoms with Gasteiger partial charge in [0.1, 0.15) is 0 Å². The molecule has 0 aliphatic carbocycles. The van der Waals surface area contributed by atoms with Gasteiger partial charge in [-0.3, -0.25) is 9.52 Å². The Hall–Kier alpha value is -2.34. The summed E-state index contributed by atoms with van der Waals surface area (Å²) in [7, 11) is -3.71. The molecule has 1 aliphatic heterocycles. The van der Waals surface area contributed by atoms with Crippen molar-refractivity contribution in [2.24, 2.45) is 0 Å². The minimum atomic E-state index is -3.71. The Bertz CT molecular complexity index is 918. The molecule has 1 heterocycles. The zero-order valence-electron chi connectivity index (χ0n) is 13.2. The lowest BCUT2D eigenvalue weighted by Gasteiger charge is -2.14. The fourth-order valence-corrected chi connectivity index (χ4v) is 4.17. The van der Waals surface area contributed by atoms with Gasteiger partial charge >= 0.3 is 0 Å². The van der Waals surface area contributed by atoms with Crippen molar-refractivity contribution < 1.29 is 13.2 Å². The van der Waals surface area contributed by atoms with E-state index in [-0.39, 0.29) is 17.2 Å². The molecule has 2 aromatic carbocycles. The molecule has 0 unspecified atom stereocenters. The summed E-state index contributed by atoms with van der Waals surface area (Å²) < 4.78 is 28.1. The van der Waals surface area contributed by atoms with Gasteiger partial charge in [0, 0.05) is 11.3 Å². The van der Waals surface area contributed by atoms with Crippen LogP contribution in [0.5, 0.6) is 0 Å². The minimum absolute atomic E-state index is 0.131. The predicted octanol–water partition coefficient (Wildman–Crippen LogP) is 2.91. The van der Waals surface area contributed by atoms with Gasteiger partial charge < -0.3 is 5.32 Å². The molecular weight excluding hydrogens is 312 g/mol. The van der Waals surface area contributed by atoms with Crippen molar-refractivity contribution in [2.45, 2.75) is 32.1 Å². The molecule has 6 heteroatoms. The van der Waals surface area contributed by atoms with Gasteiger partial charge in [-0.1, -0.05) is 12.1 Å². The van der Waals surface area contributed by atoms with E-state index < -0.39 is 10.0 Å². The molecule has 0 saturated heterocycles. The fraction of sp³-hybridized carbons (Fsp3) is 0.235. The zero-order valence-corrected chi connectivity index (χ0v) is 14.0. The lowest BCUT2D eigenvalue weighted by atomic mass is 10.1. The molecule has 2 aromatic rings. The smallest absolute Gasteiger partial charge is 0.262 e. The monoisotopic (exact) mass is 330 g/mol. The maximum Gasteiger partial charge on any atom is 0.262 e. The van der Waals surface area contributed by atoms with E-state index in [2.05, 4.69) is 10.0 Å². The van der Waals surface area contributed by atoms with Crippen molar-refractivity contribution in [3.05, 3.63) is 52.6 Å². The van der Waals surface area contributed by atoms with Crippen LogP contribution < -0.4 is 10.0 Å². The topological polar surface area (TPSA) is 75.3 Å². The third kappa shape index (κ3) is 2.82. The Morgan fingerprint density at radius 2 is 1.74 bits per heavy atom. The minimum Gasteiger partial charge on any atom is -0.325 e. The number of carbonyl (C=O) groups excluding carboxylic acids is 1. The molecule has 0 saturated carbocycles. The zero-order chi connectivity index (χ0) is 16.8. The number of aryl methyl sites for hydroxylation is 3. The summed E-state index contributed by atoms with van der Waals surface area (Å²) in [6.45, 7) is 5.62. The standard InChI is InChI=1S/C17H18N2O3S/c1-10-7-12(3)16(8-11(10)2)23(21,22)19-15-6-4-5-14-13(15)9-17(20)18-14/h4-8,19H,9H2,1-3H3,(H,18,20). The largest absolute Gasteiger partial charge is 0.325 e. The Kier molecular flexibility index (Phi) is 3.64. The number of fused-ring (bicyclic) bond motifs is 1. The maximum absolute atomic E-state index is 12.8. The normalized spacial score (nSPS) is 13.6. The van der Waals surface area contributed by atoms with E-state index in [4.69, 9.17) is 0 Å². The molecule has 1 amide bonds. The van der Waals surface area contributed by atoms with E-state index in [1.165, 1.54) is 0 Å². The van der Waals surface area contributed by atoms with Gasteiger partial charge in [0.15, 0.2) is 0 Å². The first-order valence-corrected chi connectivity index (χ1v) is 8.78. The average molecular weight is 330 g/mol. The molecule has 1 aliphatic rings. The van der Waals surface area contributed by atoms with Crippen LogP contribution >= 0.6 is 0 Å². The molecule has 0 radical (unpaired) electrons. The van der Waals surface area contributed by atoms with Crippen molar-refractivity contribution in [3.63, 3.8) is 0 Å². The molecule has 0 atom stereocenters. The number of benzene rings is 2. The Morgan fingerprint density at radius 3 is 2.48 bits per heavy atom. The van der Waals surface area contributed by atoms with E-state index in [9.17, 15) is 13.2 Å². The van der Waals surface area contributed by atoms with Gasteiger partial charge in [0.05, 0.1) is 17.0 Å². The van der Waals surface area contributed by atoms with Gasteiger partial charge in [-0.2, -0.15) is 0 Å². The van der Waals surface area contributed by atoms with Crippen molar-refractivity contribution >= 4 is 27.3 Å². The number of anilines is 2. The summed E-state index contributed by atoms with van der Waals surface area (Å²) in [5.74, 6) is -0.131. The summed E-state index contributed by atoms with van der Waals surface area (Å²) in [5, 5.41) is 2.72. The number of carbonyl (C=O) groups is 1. The maximum atomic E-state index is 12.8. The summed E-state index contributed by atoms with van der Waals surface area (Å²) in [6.07, 6.45) is 0.180. The van der Waals surface area contributed by atoms with E-state index >= 15 is 0 Å². The van der Waals surface area contributed by atoms with Crippen LogP contribution in [0, 0.1) is 20.8 Å². The van der Waals surface area contributed by atoms with Gasteiger partial charge in [-0.25, -0.2) is 8.42 Å². The first kappa shape index (κ1) is 15.6. The van der Waals surface area contributed by atoms with Crippen molar-refractivity contribution in [2.75, 3.05) is 10.0 Å². The van der Waals surface area contributed by atoms with Gasteiger partial charge in [-0.05, 0) is 55.7 Å². The van der Waals surface area contributed by atoms with Gasteiger partial charge in [0.2, 0.25) is 5.91 Å². The van der Waals surface area contributed by atoms with Crippen molar-refractivity contribution in [1.29, 1.82) is 0 Å². The third-order valence-electron chi connectivity index (χ3n) is 4.11. The summed E-state index contributed by atoms with van der Waals surface area (Å²) in [6, 6.07) is 8.70. The van der Waals surface area contributed by atoms with Crippen LogP contribution in [0.1, 0.15) is 22.3 Å². The second-order valence-corrected chi connectivity index (χ2v) is 7.51. The van der Waals surface area contributed by atoms with Gasteiger partial charge in [0.25, 0.3) is 10.0 Å². The van der Waals surface area contributed by atoms with Gasteiger partial charge in [-0.15, -0.1) is 0 Å². The average Bonchev–Trinajstić information content (AvgIpc) is 2.84. The number of sulfonamides is 1. The Labute approximate surface area is 135 Å². The van der Waals surface area contributed by atoms with Crippen LogP contribution in [0.4, 0.5) is 11.4 Å². The molecule has 0 bridgehead atoms. The molecular formula is C17H18N2O3S. The quantitative estimate of drug-likeness (QED) is 0.908. The van der Waals surface area contributed by atoms with Crippen molar-refractivity contribution in [3.8, 4) is 0 Å². The lowest BCUT2D eigenvalue weighted by molar-refractivity contribution is -0.115. The molecule has 0 aromatic heterocycles. The summed E-state index contributed by atoms with van der Waals surface area (Å²) >= 11 is 0. The van der Waals surface area contributed by atoms with Crippen LogP contribution in [0.2, 0.25) is 0 Å². The second-order valence-electron chi connectivity index (χ2n) is 5.86. The van der Waals surface area contributed by atoms with E-state index in [1.807, 2.05) is 19.9 Å². The molecule has 3 rings (SSSR count). The highest BCUT2D eigenvalue weighted by Crippen LogP contribution is 2.32. The highest BCUT2D eigenvalue weighted by Gasteiger charge is 2.24. The molecule has 5 nitrogen and oxygen atoms in total. The molecule has 120 valence electrons. The molecule has 0 fully saturated rings. The van der Waals surface area contributed by atoms with Crippen LogP contribution in [-0.4, -0.2) is 14.3 Å². The number of hydrogen-bond acceptors (Lipinski definition) is 3. The van der Waals surface area contributed by atoms with E-state index in [0.29, 0.717) is 22.5 Å². The number of amides is 1. The van der Waals surface area contributed by atoms with Crippen LogP contribution in [0.25, 0.3) is 0 Å². The highest BCUT2D eigenvalue weighted by atomic mass is 32.2. The van der Waals surface area contributed by atoms with E-state index in [1.54, 1.807) is 31.2 Å². The van der Waals surface area contributed by atoms with E-state index in [0.717, 1.165) is 11.1 Å². The highest BCUT2D eigenvalue weighted by molar-refractivity contribution is 7.92. The second kappa shape index (κ2) is 5.38. The van der Waals surface area contributed by atoms with Crippen molar-refractivity contribution in [1.82, 2.24) is 0 Å². The molecule has 23 heavy (non-hydrogen) atoms. The number of rotatable bonds is 3. The summed E-state index contributed by atoms with van der Waals surface area (Å²) in [4.78, 5) is 11.8. The summed E-state index contributed by atoms with van der Waals surface area (Å²) in [5.41, 5.74) is 4.46. The first-order valence-electron chi connectivity index (χ1n) is 7.30. The Morgan fingerprint density at radius 1 is 1.04 bits per heavy atom. The van der Waals surface area contributed by atoms with Crippen LogP contribution in [0.15, 0.2) is 35.2 Å². The SMILES string of the molecule is Cc1cc(C)c(S(=O)(=O)Nc2cccc3c2CC(=O)N3)cc1C.